The molecule has 1 N–H and O–H groups in total. The second kappa shape index (κ2) is 4.96. The molecule has 3 nitrogen and oxygen atoms in total. The van der Waals surface area contributed by atoms with Crippen molar-refractivity contribution in [3.63, 3.8) is 0 Å². The van der Waals surface area contributed by atoms with Crippen molar-refractivity contribution in [3.05, 3.63) is 46.4 Å². The average Bonchev–Trinajstić information content (AvgIpc) is 2.31. The third-order valence-electron chi connectivity index (χ3n) is 3.25. The number of aliphatic imine (C=N–C) groups is 1. The van der Waals surface area contributed by atoms with Crippen molar-refractivity contribution in [3.8, 4) is 0 Å². The van der Waals surface area contributed by atoms with Crippen molar-refractivity contribution >= 4 is 11.6 Å². The number of allylic oxidation sites excluding steroid dienone is 1. The summed E-state index contributed by atoms with van der Waals surface area (Å²) in [6.45, 7) is 6.95. The Balaban J connectivity index is 2.53. The molecule has 1 aliphatic rings. The topological polar surface area (TPSA) is 41.5 Å². The molecule has 1 aliphatic heterocycles. The lowest BCUT2D eigenvalue weighted by atomic mass is 9.92. The van der Waals surface area contributed by atoms with E-state index >= 15 is 0 Å². The molecule has 100 valence electrons. The van der Waals surface area contributed by atoms with Gasteiger partial charge in [0.25, 0.3) is 0 Å². The van der Waals surface area contributed by atoms with Crippen LogP contribution in [-0.4, -0.2) is 11.6 Å². The monoisotopic (exact) mass is 260 g/mol. The summed E-state index contributed by atoms with van der Waals surface area (Å²) in [4.78, 5) is 16.3. The highest BCUT2D eigenvalue weighted by molar-refractivity contribution is 5.98. The fraction of sp³-hybridized carbons (Fsp3) is 0.333. The van der Waals surface area contributed by atoms with E-state index in [-0.39, 0.29) is 17.6 Å². The van der Waals surface area contributed by atoms with Crippen LogP contribution < -0.4 is 5.32 Å². The molecular weight excluding hydrogens is 243 g/mol. The predicted molar refractivity (Wildman–Crippen MR) is 73.5 cm³/mol. The molecule has 0 aromatic heterocycles. The normalized spacial score (nSPS) is 19.0. The largest absolute Gasteiger partial charge is 0.348 e. The van der Waals surface area contributed by atoms with E-state index < -0.39 is 0 Å². The van der Waals surface area contributed by atoms with Crippen LogP contribution in [0.3, 0.4) is 0 Å². The Morgan fingerprint density at radius 2 is 2.00 bits per heavy atom. The van der Waals surface area contributed by atoms with E-state index in [4.69, 9.17) is 0 Å². The Labute approximate surface area is 112 Å². The van der Waals surface area contributed by atoms with Gasteiger partial charge >= 0.3 is 0 Å². The number of halogens is 1. The van der Waals surface area contributed by atoms with Crippen LogP contribution >= 0.6 is 0 Å². The highest BCUT2D eigenvalue weighted by Gasteiger charge is 2.26. The lowest BCUT2D eigenvalue weighted by Gasteiger charge is -2.25. The first-order valence-electron chi connectivity index (χ1n) is 6.19. The van der Waals surface area contributed by atoms with Crippen LogP contribution in [0.1, 0.15) is 37.9 Å². The molecule has 0 radical (unpaired) electrons. The molecule has 0 fully saturated rings. The molecule has 1 atom stereocenters. The maximum atomic E-state index is 13.3. The van der Waals surface area contributed by atoms with Crippen LogP contribution in [0.5, 0.6) is 0 Å². The van der Waals surface area contributed by atoms with Gasteiger partial charge in [-0.3, -0.25) is 9.79 Å². The quantitative estimate of drug-likeness (QED) is 0.888. The molecule has 1 heterocycles. The van der Waals surface area contributed by atoms with E-state index in [9.17, 15) is 9.18 Å². The summed E-state index contributed by atoms with van der Waals surface area (Å²) < 4.78 is 13.3. The Bertz CT molecular complexity index is 602. The van der Waals surface area contributed by atoms with Crippen molar-refractivity contribution in [1.29, 1.82) is 0 Å². The first kappa shape index (κ1) is 13.5. The number of nitrogens with zero attached hydrogens (tertiary/aromatic N) is 1. The third-order valence-corrected chi connectivity index (χ3v) is 3.25. The molecule has 19 heavy (non-hydrogen) atoms. The van der Waals surface area contributed by atoms with E-state index in [1.54, 1.807) is 19.1 Å². The zero-order valence-corrected chi connectivity index (χ0v) is 11.5. The molecule has 1 aromatic carbocycles. The number of hydrogen-bond donors (Lipinski definition) is 1. The molecule has 0 saturated heterocycles. The minimum atomic E-state index is -0.349. The molecule has 1 aromatic rings. The molecule has 0 aliphatic carbocycles. The van der Waals surface area contributed by atoms with E-state index in [0.717, 1.165) is 17.1 Å². The number of Topliss-reactive ketones (excluding diaryl/α,β-unsaturated/α-hetero) is 1. The predicted octanol–water partition coefficient (Wildman–Crippen LogP) is 3.06. The second-order valence-corrected chi connectivity index (χ2v) is 4.85. The van der Waals surface area contributed by atoms with E-state index in [2.05, 4.69) is 10.3 Å². The van der Waals surface area contributed by atoms with Gasteiger partial charge in [-0.2, -0.15) is 0 Å². The number of hydrogen-bond acceptors (Lipinski definition) is 3. The van der Waals surface area contributed by atoms with Crippen molar-refractivity contribution < 1.29 is 9.18 Å². The summed E-state index contributed by atoms with van der Waals surface area (Å²) in [6.07, 6.45) is 0. The molecule has 0 bridgehead atoms. The van der Waals surface area contributed by atoms with Gasteiger partial charge in [0.05, 0.1) is 5.84 Å². The van der Waals surface area contributed by atoms with Gasteiger partial charge in [-0.05, 0) is 44.9 Å². The number of rotatable bonds is 2. The number of ketones is 1. The number of carbonyl (C=O) groups excluding carboxylic acids is 1. The summed E-state index contributed by atoms with van der Waals surface area (Å²) in [5.41, 5.74) is 2.84. The zero-order valence-electron chi connectivity index (χ0n) is 11.5. The second-order valence-electron chi connectivity index (χ2n) is 4.85. The van der Waals surface area contributed by atoms with Gasteiger partial charge in [-0.1, -0.05) is 12.1 Å². The summed E-state index contributed by atoms with van der Waals surface area (Å²) in [5, 5.41) is 3.07. The van der Waals surface area contributed by atoms with Gasteiger partial charge in [-0.15, -0.1) is 0 Å². The fourth-order valence-corrected chi connectivity index (χ4v) is 2.37. The van der Waals surface area contributed by atoms with Gasteiger partial charge in [0, 0.05) is 11.3 Å². The van der Waals surface area contributed by atoms with Crippen LogP contribution in [-0.2, 0) is 4.79 Å². The fourth-order valence-electron chi connectivity index (χ4n) is 2.37. The van der Waals surface area contributed by atoms with Gasteiger partial charge < -0.3 is 5.32 Å². The highest BCUT2D eigenvalue weighted by atomic mass is 19.1. The van der Waals surface area contributed by atoms with Gasteiger partial charge in [0.15, 0.2) is 5.78 Å². The Hall–Kier alpha value is -1.97. The number of carbonyl (C=O) groups is 1. The maximum Gasteiger partial charge on any atom is 0.160 e. The first-order valence-corrected chi connectivity index (χ1v) is 6.19. The van der Waals surface area contributed by atoms with Crippen LogP contribution in [0, 0.1) is 12.7 Å². The number of amidine groups is 1. The van der Waals surface area contributed by atoms with Gasteiger partial charge in [0.2, 0.25) is 0 Å². The molecule has 1 unspecified atom stereocenters. The molecule has 0 saturated carbocycles. The highest BCUT2D eigenvalue weighted by Crippen LogP contribution is 2.31. The molecule has 0 amide bonds. The first-order chi connectivity index (χ1) is 8.90. The van der Waals surface area contributed by atoms with Crippen molar-refractivity contribution in [2.75, 3.05) is 0 Å². The molecular formula is C15H17FN2O. The number of aryl methyl sites for hydroxylation is 1. The lowest BCUT2D eigenvalue weighted by Crippen LogP contribution is -2.29. The van der Waals surface area contributed by atoms with E-state index in [0.29, 0.717) is 11.1 Å². The van der Waals surface area contributed by atoms with E-state index in [1.165, 1.54) is 13.0 Å². The summed E-state index contributed by atoms with van der Waals surface area (Å²) in [5.74, 6) is 0.492. The van der Waals surface area contributed by atoms with Crippen molar-refractivity contribution in [2.45, 2.75) is 33.7 Å². The Morgan fingerprint density at radius 1 is 1.32 bits per heavy atom. The molecule has 2 rings (SSSR count). The standard InChI is InChI=1S/C15H17FN2O/c1-8-7-12(5-6-13(8)16)15-14(10(3)19)9(2)17-11(4)18-15/h5-7,15H,1-4H3,(H,17,18). The van der Waals surface area contributed by atoms with Crippen LogP contribution in [0.25, 0.3) is 0 Å². The van der Waals surface area contributed by atoms with Crippen molar-refractivity contribution in [2.24, 2.45) is 4.99 Å². The van der Waals surface area contributed by atoms with Gasteiger partial charge in [-0.25, -0.2) is 4.39 Å². The SMILES string of the molecule is CC(=O)C1=C(C)NC(C)=NC1c1ccc(F)c(C)c1. The minimum absolute atomic E-state index is 0.0202. The van der Waals surface area contributed by atoms with E-state index in [1.807, 2.05) is 13.8 Å². The number of nitrogens with one attached hydrogen (secondary N) is 1. The molecule has 0 spiro atoms. The zero-order chi connectivity index (χ0) is 14.2. The lowest BCUT2D eigenvalue weighted by molar-refractivity contribution is -0.113. The summed E-state index contributed by atoms with van der Waals surface area (Å²) >= 11 is 0. The minimum Gasteiger partial charge on any atom is -0.348 e. The van der Waals surface area contributed by atoms with Crippen LogP contribution in [0.2, 0.25) is 0 Å². The Kier molecular flexibility index (Phi) is 3.51. The Morgan fingerprint density at radius 3 is 2.58 bits per heavy atom. The number of benzene rings is 1. The summed E-state index contributed by atoms with van der Waals surface area (Å²) in [7, 11) is 0. The van der Waals surface area contributed by atoms with Crippen LogP contribution in [0.4, 0.5) is 4.39 Å². The molecule has 4 heteroatoms. The summed E-state index contributed by atoms with van der Waals surface area (Å²) in [6, 6.07) is 4.51. The van der Waals surface area contributed by atoms with Crippen LogP contribution in [0.15, 0.2) is 34.5 Å². The smallest absolute Gasteiger partial charge is 0.160 e. The van der Waals surface area contributed by atoms with Crippen molar-refractivity contribution in [1.82, 2.24) is 5.32 Å². The maximum absolute atomic E-state index is 13.3. The third kappa shape index (κ3) is 2.57. The average molecular weight is 260 g/mol. The van der Waals surface area contributed by atoms with Gasteiger partial charge in [0.1, 0.15) is 11.9 Å².